The predicted octanol–water partition coefficient (Wildman–Crippen LogP) is 4.80. The molecule has 35 heavy (non-hydrogen) atoms. The highest BCUT2D eigenvalue weighted by Gasteiger charge is 2.46. The van der Waals surface area contributed by atoms with E-state index in [1.54, 1.807) is 43.5 Å². The molecule has 1 aliphatic rings. The fourth-order valence-electron chi connectivity index (χ4n) is 3.97. The molecule has 0 saturated carbocycles. The van der Waals surface area contributed by atoms with Crippen molar-refractivity contribution in [2.75, 3.05) is 34.0 Å². The summed E-state index contributed by atoms with van der Waals surface area (Å²) in [6.07, 6.45) is 2.37. The normalized spacial score (nSPS) is 17.1. The van der Waals surface area contributed by atoms with Crippen molar-refractivity contribution in [1.29, 1.82) is 0 Å². The van der Waals surface area contributed by atoms with Crippen LogP contribution >= 0.6 is 15.9 Å². The molecule has 0 radical (unpaired) electrons. The van der Waals surface area contributed by atoms with E-state index in [0.717, 1.165) is 12.8 Å². The number of aromatic hydroxyl groups is 1. The third-order valence-corrected chi connectivity index (χ3v) is 6.35. The topological polar surface area (TPSA) is 106 Å². The number of amides is 1. The first-order valence-corrected chi connectivity index (χ1v) is 12.2. The van der Waals surface area contributed by atoms with Crippen LogP contribution in [0.5, 0.6) is 17.2 Å². The number of likely N-dealkylation sites (tertiary alicyclic amines) is 1. The van der Waals surface area contributed by atoms with Crippen molar-refractivity contribution < 1.29 is 34.0 Å². The Hall–Kier alpha value is -3.04. The maximum atomic E-state index is 13.2. The highest BCUT2D eigenvalue weighted by atomic mass is 79.9. The smallest absolute Gasteiger partial charge is 0.295 e. The van der Waals surface area contributed by atoms with E-state index in [1.807, 2.05) is 0 Å². The van der Waals surface area contributed by atoms with Gasteiger partial charge in [0, 0.05) is 25.8 Å². The van der Waals surface area contributed by atoms with Crippen molar-refractivity contribution in [3.63, 3.8) is 0 Å². The van der Waals surface area contributed by atoms with E-state index < -0.39 is 17.7 Å². The molecular formula is C26H30BrNO7. The number of hydrogen-bond donors (Lipinski definition) is 2. The van der Waals surface area contributed by atoms with Gasteiger partial charge in [0.25, 0.3) is 11.7 Å². The molecule has 0 aromatic heterocycles. The largest absolute Gasteiger partial charge is 0.507 e. The zero-order chi connectivity index (χ0) is 25.5. The van der Waals surface area contributed by atoms with Gasteiger partial charge in [-0.25, -0.2) is 0 Å². The number of rotatable bonds is 11. The molecule has 0 aliphatic carbocycles. The molecule has 2 N–H and O–H groups in total. The van der Waals surface area contributed by atoms with Gasteiger partial charge in [-0.15, -0.1) is 0 Å². The van der Waals surface area contributed by atoms with Gasteiger partial charge in [0.2, 0.25) is 0 Å². The zero-order valence-corrected chi connectivity index (χ0v) is 21.6. The van der Waals surface area contributed by atoms with E-state index in [4.69, 9.17) is 14.2 Å². The molecule has 0 bridgehead atoms. The Labute approximate surface area is 213 Å². The lowest BCUT2D eigenvalue weighted by Crippen LogP contribution is -2.31. The second kappa shape index (κ2) is 12.1. The number of nitrogens with zero attached hydrogens (tertiary/aromatic N) is 1. The lowest BCUT2D eigenvalue weighted by Gasteiger charge is -2.26. The molecule has 1 atom stereocenters. The van der Waals surface area contributed by atoms with Crippen LogP contribution in [-0.2, 0) is 14.3 Å². The third-order valence-electron chi connectivity index (χ3n) is 5.75. The van der Waals surface area contributed by atoms with E-state index in [9.17, 15) is 19.8 Å². The lowest BCUT2D eigenvalue weighted by atomic mass is 9.95. The standard InChI is InChI=1S/C26H30BrNO7/c1-4-5-12-35-18-9-6-8-16(13-18)23(29)21-22(17-14-19(27)24(30)20(15-17)34-3)28(10-7-11-33-2)26(32)25(21)31/h6,8-9,13-15,22,29-30H,4-5,7,10-12H2,1-3H3. The molecule has 2 aromatic carbocycles. The minimum atomic E-state index is -0.887. The number of phenolic OH excluding ortho intramolecular Hbond substituents is 1. The predicted molar refractivity (Wildman–Crippen MR) is 135 cm³/mol. The van der Waals surface area contributed by atoms with Crippen molar-refractivity contribution in [3.05, 3.63) is 57.6 Å². The first-order chi connectivity index (χ1) is 16.8. The number of hydrogen-bond acceptors (Lipinski definition) is 7. The van der Waals surface area contributed by atoms with Gasteiger partial charge in [-0.3, -0.25) is 9.59 Å². The average molecular weight is 548 g/mol. The van der Waals surface area contributed by atoms with E-state index in [-0.39, 0.29) is 29.4 Å². The lowest BCUT2D eigenvalue weighted by molar-refractivity contribution is -0.140. The summed E-state index contributed by atoms with van der Waals surface area (Å²) in [4.78, 5) is 27.6. The fraction of sp³-hybridized carbons (Fsp3) is 0.385. The van der Waals surface area contributed by atoms with Gasteiger partial charge in [0.15, 0.2) is 11.5 Å². The van der Waals surface area contributed by atoms with Crippen molar-refractivity contribution >= 4 is 33.4 Å². The molecule has 9 heteroatoms. The number of methoxy groups -OCH3 is 2. The van der Waals surface area contributed by atoms with Crippen molar-refractivity contribution in [2.24, 2.45) is 0 Å². The Morgan fingerprint density at radius 2 is 1.89 bits per heavy atom. The highest BCUT2D eigenvalue weighted by Crippen LogP contribution is 2.44. The Bertz CT molecular complexity index is 1110. The molecule has 0 spiro atoms. The summed E-state index contributed by atoms with van der Waals surface area (Å²) in [5.41, 5.74) is 0.821. The van der Waals surface area contributed by atoms with Crippen LogP contribution < -0.4 is 9.47 Å². The van der Waals surface area contributed by atoms with E-state index >= 15 is 0 Å². The molecule has 1 heterocycles. The number of carbonyl (C=O) groups is 2. The number of benzene rings is 2. The number of aliphatic hydroxyl groups excluding tert-OH is 1. The summed E-state index contributed by atoms with van der Waals surface area (Å²) >= 11 is 3.31. The molecule has 1 aliphatic heterocycles. The van der Waals surface area contributed by atoms with Crippen LogP contribution in [0.3, 0.4) is 0 Å². The monoisotopic (exact) mass is 547 g/mol. The molecule has 3 rings (SSSR count). The molecular weight excluding hydrogens is 518 g/mol. The quantitative estimate of drug-likeness (QED) is 0.180. The number of ether oxygens (including phenoxy) is 3. The van der Waals surface area contributed by atoms with E-state index in [2.05, 4.69) is 22.9 Å². The second-order valence-corrected chi connectivity index (χ2v) is 8.98. The zero-order valence-electron chi connectivity index (χ0n) is 20.0. The maximum absolute atomic E-state index is 13.2. The summed E-state index contributed by atoms with van der Waals surface area (Å²) in [5, 5.41) is 21.6. The molecule has 2 aromatic rings. The second-order valence-electron chi connectivity index (χ2n) is 8.12. The van der Waals surface area contributed by atoms with Crippen LogP contribution in [0.1, 0.15) is 43.4 Å². The molecule has 1 saturated heterocycles. The Kier molecular flexibility index (Phi) is 9.17. The minimum Gasteiger partial charge on any atom is -0.507 e. The average Bonchev–Trinajstić information content (AvgIpc) is 3.10. The Morgan fingerprint density at radius 1 is 1.11 bits per heavy atom. The van der Waals surface area contributed by atoms with Gasteiger partial charge in [0.1, 0.15) is 11.5 Å². The van der Waals surface area contributed by atoms with E-state index in [1.165, 1.54) is 12.0 Å². The van der Waals surface area contributed by atoms with Gasteiger partial charge < -0.3 is 29.3 Å². The van der Waals surface area contributed by atoms with Gasteiger partial charge in [-0.05, 0) is 58.6 Å². The van der Waals surface area contributed by atoms with Crippen LogP contribution in [0.2, 0.25) is 0 Å². The van der Waals surface area contributed by atoms with Gasteiger partial charge >= 0.3 is 0 Å². The summed E-state index contributed by atoms with van der Waals surface area (Å²) in [5.74, 6) is -1.18. The third kappa shape index (κ3) is 5.79. The SMILES string of the molecule is CCCCOc1cccc(C(O)=C2C(=O)C(=O)N(CCCOC)C2c2cc(Br)c(O)c(OC)c2)c1. The van der Waals surface area contributed by atoms with Gasteiger partial charge in [0.05, 0.1) is 29.8 Å². The summed E-state index contributed by atoms with van der Waals surface area (Å²) < 4.78 is 16.5. The van der Waals surface area contributed by atoms with Crippen molar-refractivity contribution in [3.8, 4) is 17.2 Å². The minimum absolute atomic E-state index is 0.0437. The Balaban J connectivity index is 2.13. The number of carbonyl (C=O) groups excluding carboxylic acids is 2. The number of ketones is 1. The first-order valence-electron chi connectivity index (χ1n) is 11.4. The molecule has 8 nitrogen and oxygen atoms in total. The number of aliphatic hydroxyl groups is 1. The van der Waals surface area contributed by atoms with Gasteiger partial charge in [-0.2, -0.15) is 0 Å². The molecule has 1 unspecified atom stereocenters. The van der Waals surface area contributed by atoms with Crippen LogP contribution in [0.25, 0.3) is 5.76 Å². The molecule has 1 fully saturated rings. The van der Waals surface area contributed by atoms with E-state index in [0.29, 0.717) is 41.0 Å². The molecule has 1 amide bonds. The highest BCUT2D eigenvalue weighted by molar-refractivity contribution is 9.10. The first kappa shape index (κ1) is 26.6. The number of halogens is 1. The van der Waals surface area contributed by atoms with Crippen molar-refractivity contribution in [1.82, 2.24) is 4.90 Å². The number of phenols is 1. The Morgan fingerprint density at radius 3 is 2.57 bits per heavy atom. The number of Topliss-reactive ketones (excluding diaryl/α,β-unsaturated/α-hetero) is 1. The molecule has 188 valence electrons. The fourth-order valence-corrected chi connectivity index (χ4v) is 4.43. The van der Waals surface area contributed by atoms with Crippen LogP contribution in [0, 0.1) is 0 Å². The maximum Gasteiger partial charge on any atom is 0.295 e. The van der Waals surface area contributed by atoms with Crippen molar-refractivity contribution in [2.45, 2.75) is 32.2 Å². The summed E-state index contributed by atoms with van der Waals surface area (Å²) in [7, 11) is 2.97. The number of unbranched alkanes of at least 4 members (excludes halogenated alkanes) is 1. The van der Waals surface area contributed by atoms with Crippen LogP contribution in [-0.4, -0.2) is 60.8 Å². The van der Waals surface area contributed by atoms with Crippen LogP contribution in [0.15, 0.2) is 46.4 Å². The summed E-state index contributed by atoms with van der Waals surface area (Å²) in [6.45, 7) is 3.23. The van der Waals surface area contributed by atoms with Crippen LogP contribution in [0.4, 0.5) is 0 Å². The van der Waals surface area contributed by atoms with Gasteiger partial charge in [-0.1, -0.05) is 25.5 Å². The summed E-state index contributed by atoms with van der Waals surface area (Å²) in [6, 6.07) is 9.07.